The normalized spacial score (nSPS) is 14.9. The van der Waals surface area contributed by atoms with Crippen molar-refractivity contribution in [1.82, 2.24) is 0 Å². The van der Waals surface area contributed by atoms with E-state index in [0.717, 1.165) is 16.9 Å². The molecule has 0 aromatic heterocycles. The van der Waals surface area contributed by atoms with Crippen molar-refractivity contribution in [3.8, 4) is 5.75 Å². The lowest BCUT2D eigenvalue weighted by molar-refractivity contribution is 0.209. The van der Waals surface area contributed by atoms with Crippen LogP contribution in [-0.4, -0.2) is 18.8 Å². The lowest BCUT2D eigenvalue weighted by Crippen LogP contribution is -2.36. The molecule has 0 spiro atoms. The molecular formula is C11H17NO2. The maximum absolute atomic E-state index is 9.11. The lowest BCUT2D eigenvalue weighted by Gasteiger charge is -2.23. The van der Waals surface area contributed by atoms with Crippen LogP contribution in [0.15, 0.2) is 18.2 Å². The van der Waals surface area contributed by atoms with Gasteiger partial charge in [0.15, 0.2) is 0 Å². The number of aliphatic hydroxyl groups excluding tert-OH is 1. The predicted molar refractivity (Wildman–Crippen MR) is 56.4 cm³/mol. The third-order valence-corrected chi connectivity index (χ3v) is 2.40. The van der Waals surface area contributed by atoms with Crippen molar-refractivity contribution in [1.29, 1.82) is 0 Å². The number of rotatable bonds is 3. The minimum Gasteiger partial charge on any atom is -0.496 e. The fraction of sp³-hybridized carbons (Fsp3) is 0.455. The molecule has 0 unspecified atom stereocenters. The van der Waals surface area contributed by atoms with Gasteiger partial charge in [-0.1, -0.05) is 12.1 Å². The van der Waals surface area contributed by atoms with Crippen LogP contribution in [0, 0.1) is 6.92 Å². The molecule has 0 bridgehead atoms. The second-order valence-corrected chi connectivity index (χ2v) is 3.76. The van der Waals surface area contributed by atoms with E-state index in [0.29, 0.717) is 0 Å². The molecule has 1 atom stereocenters. The molecule has 0 saturated heterocycles. The highest BCUT2D eigenvalue weighted by atomic mass is 16.5. The molecular weight excluding hydrogens is 178 g/mol. The lowest BCUT2D eigenvalue weighted by atomic mass is 9.93. The van der Waals surface area contributed by atoms with E-state index in [1.54, 1.807) is 14.0 Å². The van der Waals surface area contributed by atoms with E-state index >= 15 is 0 Å². The van der Waals surface area contributed by atoms with Crippen LogP contribution in [0.25, 0.3) is 0 Å². The molecule has 0 heterocycles. The molecule has 3 heteroatoms. The summed E-state index contributed by atoms with van der Waals surface area (Å²) in [7, 11) is 1.62. The Hall–Kier alpha value is -1.06. The number of nitrogens with two attached hydrogens (primary N) is 1. The number of hydrogen-bond donors (Lipinski definition) is 2. The summed E-state index contributed by atoms with van der Waals surface area (Å²) in [6.45, 7) is 3.67. The van der Waals surface area contributed by atoms with Gasteiger partial charge in [0.1, 0.15) is 5.75 Å². The van der Waals surface area contributed by atoms with Crippen molar-refractivity contribution >= 4 is 0 Å². The molecule has 0 radical (unpaired) electrons. The third-order valence-electron chi connectivity index (χ3n) is 2.40. The van der Waals surface area contributed by atoms with Crippen LogP contribution in [0.3, 0.4) is 0 Å². The number of aliphatic hydroxyl groups is 1. The summed E-state index contributed by atoms with van der Waals surface area (Å²) in [5, 5.41) is 9.11. The highest BCUT2D eigenvalue weighted by molar-refractivity contribution is 5.39. The second-order valence-electron chi connectivity index (χ2n) is 3.76. The van der Waals surface area contributed by atoms with Crippen molar-refractivity contribution < 1.29 is 9.84 Å². The summed E-state index contributed by atoms with van der Waals surface area (Å²) in [5.41, 5.74) is 7.14. The highest BCUT2D eigenvalue weighted by Gasteiger charge is 2.20. The summed E-state index contributed by atoms with van der Waals surface area (Å²) in [5.74, 6) is 0.799. The van der Waals surface area contributed by atoms with Gasteiger partial charge in [-0.15, -0.1) is 0 Å². The van der Waals surface area contributed by atoms with Crippen molar-refractivity contribution in [2.75, 3.05) is 13.7 Å². The first-order valence-electron chi connectivity index (χ1n) is 4.56. The fourth-order valence-corrected chi connectivity index (χ4v) is 1.27. The Morgan fingerprint density at radius 3 is 2.64 bits per heavy atom. The minimum absolute atomic E-state index is 0.0841. The zero-order valence-electron chi connectivity index (χ0n) is 8.87. The van der Waals surface area contributed by atoms with E-state index in [1.807, 2.05) is 25.1 Å². The predicted octanol–water partition coefficient (Wildman–Crippen LogP) is 1.17. The number of ether oxygens (including phenoxy) is 1. The van der Waals surface area contributed by atoms with Crippen LogP contribution < -0.4 is 10.5 Å². The van der Waals surface area contributed by atoms with Crippen LogP contribution in [-0.2, 0) is 5.54 Å². The van der Waals surface area contributed by atoms with Gasteiger partial charge in [-0.3, -0.25) is 0 Å². The average Bonchev–Trinajstić information content (AvgIpc) is 2.18. The number of aryl methyl sites for hydroxylation is 1. The van der Waals surface area contributed by atoms with Gasteiger partial charge in [0, 0.05) is 0 Å². The average molecular weight is 195 g/mol. The SMILES string of the molecule is COc1cc([C@](C)(N)CO)ccc1C. The molecule has 1 aromatic carbocycles. The quantitative estimate of drug-likeness (QED) is 0.761. The van der Waals surface area contributed by atoms with Crippen molar-refractivity contribution in [3.63, 3.8) is 0 Å². The fourth-order valence-electron chi connectivity index (χ4n) is 1.27. The molecule has 14 heavy (non-hydrogen) atoms. The summed E-state index contributed by atoms with van der Waals surface area (Å²) in [4.78, 5) is 0. The zero-order chi connectivity index (χ0) is 10.8. The molecule has 78 valence electrons. The standard InChI is InChI=1S/C11H17NO2/c1-8-4-5-9(6-10(8)14-3)11(2,12)7-13/h4-6,13H,7,12H2,1-3H3/t11-/m1/s1. The molecule has 0 fully saturated rings. The first-order chi connectivity index (χ1) is 6.51. The second kappa shape index (κ2) is 3.98. The van der Waals surface area contributed by atoms with Gasteiger partial charge in [0.05, 0.1) is 19.3 Å². The molecule has 0 saturated carbocycles. The Balaban J connectivity index is 3.12. The van der Waals surface area contributed by atoms with E-state index in [1.165, 1.54) is 0 Å². The first-order valence-corrected chi connectivity index (χ1v) is 4.56. The van der Waals surface area contributed by atoms with E-state index in [2.05, 4.69) is 0 Å². The Labute approximate surface area is 84.5 Å². The molecule has 0 aliphatic heterocycles. The van der Waals surface area contributed by atoms with Crippen molar-refractivity contribution in [3.05, 3.63) is 29.3 Å². The van der Waals surface area contributed by atoms with Gasteiger partial charge in [-0.25, -0.2) is 0 Å². The summed E-state index contributed by atoms with van der Waals surface area (Å²) < 4.78 is 5.19. The minimum atomic E-state index is -0.707. The van der Waals surface area contributed by atoms with Crippen molar-refractivity contribution in [2.45, 2.75) is 19.4 Å². The molecule has 0 aliphatic rings. The number of methoxy groups -OCH3 is 1. The third kappa shape index (κ3) is 2.05. The molecule has 0 amide bonds. The van der Waals surface area contributed by atoms with E-state index < -0.39 is 5.54 Å². The molecule has 1 aromatic rings. The van der Waals surface area contributed by atoms with Gasteiger partial charge in [0.25, 0.3) is 0 Å². The van der Waals surface area contributed by atoms with Crippen LogP contribution >= 0.6 is 0 Å². The summed E-state index contributed by atoms with van der Waals surface area (Å²) in [6.07, 6.45) is 0. The molecule has 1 rings (SSSR count). The van der Waals surface area contributed by atoms with Crippen LogP contribution in [0.4, 0.5) is 0 Å². The van der Waals surface area contributed by atoms with Crippen LogP contribution in [0.2, 0.25) is 0 Å². The number of hydrogen-bond acceptors (Lipinski definition) is 3. The maximum Gasteiger partial charge on any atom is 0.122 e. The van der Waals surface area contributed by atoms with Crippen LogP contribution in [0.5, 0.6) is 5.75 Å². The van der Waals surface area contributed by atoms with Gasteiger partial charge in [0.2, 0.25) is 0 Å². The first kappa shape index (κ1) is 11.0. The maximum atomic E-state index is 9.11. The number of benzene rings is 1. The van der Waals surface area contributed by atoms with Gasteiger partial charge in [-0.2, -0.15) is 0 Å². The largest absolute Gasteiger partial charge is 0.496 e. The zero-order valence-corrected chi connectivity index (χ0v) is 8.87. The highest BCUT2D eigenvalue weighted by Crippen LogP contribution is 2.24. The summed E-state index contributed by atoms with van der Waals surface area (Å²) in [6, 6.07) is 5.72. The van der Waals surface area contributed by atoms with Crippen molar-refractivity contribution in [2.24, 2.45) is 5.73 Å². The van der Waals surface area contributed by atoms with E-state index in [-0.39, 0.29) is 6.61 Å². The summed E-state index contributed by atoms with van der Waals surface area (Å²) >= 11 is 0. The van der Waals surface area contributed by atoms with Gasteiger partial charge < -0.3 is 15.6 Å². The van der Waals surface area contributed by atoms with Gasteiger partial charge >= 0.3 is 0 Å². The Bertz CT molecular complexity index is 321. The molecule has 3 N–H and O–H groups in total. The van der Waals surface area contributed by atoms with E-state index in [9.17, 15) is 0 Å². The Kier molecular flexibility index (Phi) is 3.13. The van der Waals surface area contributed by atoms with Gasteiger partial charge in [-0.05, 0) is 31.0 Å². The smallest absolute Gasteiger partial charge is 0.122 e. The van der Waals surface area contributed by atoms with E-state index in [4.69, 9.17) is 15.6 Å². The van der Waals surface area contributed by atoms with Crippen LogP contribution in [0.1, 0.15) is 18.1 Å². The Morgan fingerprint density at radius 2 is 2.14 bits per heavy atom. The topological polar surface area (TPSA) is 55.5 Å². The Morgan fingerprint density at radius 1 is 1.50 bits per heavy atom. The molecule has 0 aliphatic carbocycles. The monoisotopic (exact) mass is 195 g/mol. The molecule has 3 nitrogen and oxygen atoms in total.